The Kier molecular flexibility index (Phi) is 9.36. The standard InChI is InChI=1S/C25H31ClN2O5/c1-18-8-3-6-15-32-25(31)20-11-12-22(29)24(26)21(20)16-19(10-7-9-18)27-33-17-23(30)28-13-4-2-5-14-28/h3,7-8,10-12,18,29H,2,4-6,9,13-17H2,1H3/b8-3+,10-7+,27-19+. The Morgan fingerprint density at radius 1 is 1.27 bits per heavy atom. The number of carbonyl (C=O) groups excluding carboxylic acids is 2. The molecule has 33 heavy (non-hydrogen) atoms. The summed E-state index contributed by atoms with van der Waals surface area (Å²) in [4.78, 5) is 32.3. The Labute approximate surface area is 199 Å². The zero-order valence-electron chi connectivity index (χ0n) is 19.0. The summed E-state index contributed by atoms with van der Waals surface area (Å²) in [5.41, 5.74) is 1.14. The quantitative estimate of drug-likeness (QED) is 0.390. The predicted octanol–water partition coefficient (Wildman–Crippen LogP) is 4.67. The van der Waals surface area contributed by atoms with Crippen LogP contribution < -0.4 is 0 Å². The molecule has 0 saturated carbocycles. The lowest BCUT2D eigenvalue weighted by Gasteiger charge is -2.26. The van der Waals surface area contributed by atoms with Crippen molar-refractivity contribution in [2.75, 3.05) is 26.3 Å². The average Bonchev–Trinajstić information content (AvgIpc) is 2.81. The topological polar surface area (TPSA) is 88.4 Å². The van der Waals surface area contributed by atoms with Gasteiger partial charge in [-0.2, -0.15) is 0 Å². The maximum atomic E-state index is 12.7. The Bertz CT molecular complexity index is 935. The van der Waals surface area contributed by atoms with Gasteiger partial charge in [0.15, 0.2) is 6.61 Å². The molecule has 0 bridgehead atoms. The van der Waals surface area contributed by atoms with Gasteiger partial charge in [0.2, 0.25) is 0 Å². The van der Waals surface area contributed by atoms with Gasteiger partial charge < -0.3 is 19.6 Å². The number of rotatable bonds is 3. The molecule has 0 aromatic heterocycles. The first kappa shape index (κ1) is 24.8. The number of benzene rings is 1. The molecule has 1 N–H and O–H groups in total. The van der Waals surface area contributed by atoms with Crippen molar-refractivity contribution in [3.63, 3.8) is 0 Å². The lowest BCUT2D eigenvalue weighted by molar-refractivity contribution is -0.137. The van der Waals surface area contributed by atoms with Crippen molar-refractivity contribution < 1.29 is 24.3 Å². The molecule has 1 aromatic carbocycles. The van der Waals surface area contributed by atoms with Crippen LogP contribution in [0.2, 0.25) is 5.02 Å². The van der Waals surface area contributed by atoms with E-state index < -0.39 is 5.97 Å². The number of carbonyl (C=O) groups is 2. The summed E-state index contributed by atoms with van der Waals surface area (Å²) < 4.78 is 5.39. The fourth-order valence-electron chi connectivity index (χ4n) is 3.80. The van der Waals surface area contributed by atoms with Crippen LogP contribution in [0.4, 0.5) is 0 Å². The van der Waals surface area contributed by atoms with Gasteiger partial charge in [0.25, 0.3) is 5.91 Å². The van der Waals surface area contributed by atoms with E-state index in [1.165, 1.54) is 12.1 Å². The second kappa shape index (κ2) is 12.4. The SMILES string of the molecule is CC1/C=C/CCOC(=O)c2ccc(O)c(Cl)c2CC(=N/OCC(=O)N2CCCCC2)/C=C/C1. The molecule has 1 atom stereocenters. The molecule has 0 radical (unpaired) electrons. The summed E-state index contributed by atoms with van der Waals surface area (Å²) in [6.07, 6.45) is 12.5. The molecule has 1 unspecified atom stereocenters. The largest absolute Gasteiger partial charge is 0.506 e. The van der Waals surface area contributed by atoms with Gasteiger partial charge in [-0.1, -0.05) is 41.9 Å². The molecule has 0 spiro atoms. The number of aromatic hydroxyl groups is 1. The number of hydrogen-bond donors (Lipinski definition) is 1. The number of amides is 1. The fourth-order valence-corrected chi connectivity index (χ4v) is 4.04. The summed E-state index contributed by atoms with van der Waals surface area (Å²) in [6, 6.07) is 2.86. The van der Waals surface area contributed by atoms with E-state index >= 15 is 0 Å². The van der Waals surface area contributed by atoms with E-state index in [9.17, 15) is 14.7 Å². The summed E-state index contributed by atoms with van der Waals surface area (Å²) in [6.45, 7) is 3.67. The van der Waals surface area contributed by atoms with Crippen LogP contribution in [-0.4, -0.2) is 53.9 Å². The Hall–Kier alpha value is -2.80. The van der Waals surface area contributed by atoms with Gasteiger partial charge in [0.05, 0.1) is 22.9 Å². The predicted molar refractivity (Wildman–Crippen MR) is 128 cm³/mol. The van der Waals surface area contributed by atoms with Gasteiger partial charge in [-0.15, -0.1) is 0 Å². The second-order valence-corrected chi connectivity index (χ2v) is 8.75. The highest BCUT2D eigenvalue weighted by Crippen LogP contribution is 2.31. The molecule has 178 valence electrons. The average molecular weight is 475 g/mol. The molecule has 1 saturated heterocycles. The van der Waals surface area contributed by atoms with Crippen molar-refractivity contribution >= 4 is 29.2 Å². The van der Waals surface area contributed by atoms with Crippen molar-refractivity contribution in [2.24, 2.45) is 11.1 Å². The van der Waals surface area contributed by atoms with Crippen LogP contribution in [-0.2, 0) is 20.8 Å². The molecule has 3 rings (SSSR count). The summed E-state index contributed by atoms with van der Waals surface area (Å²) >= 11 is 6.35. The number of allylic oxidation sites excluding steroid dienone is 3. The number of esters is 1. The smallest absolute Gasteiger partial charge is 0.338 e. The molecule has 2 heterocycles. The Morgan fingerprint density at radius 2 is 2.06 bits per heavy atom. The van der Waals surface area contributed by atoms with E-state index in [0.29, 0.717) is 23.6 Å². The first-order valence-electron chi connectivity index (χ1n) is 11.4. The number of nitrogens with zero attached hydrogens (tertiary/aromatic N) is 2. The maximum absolute atomic E-state index is 12.7. The lowest BCUT2D eigenvalue weighted by Crippen LogP contribution is -2.37. The Balaban J connectivity index is 1.83. The first-order chi connectivity index (χ1) is 16.0. The zero-order chi connectivity index (χ0) is 23.6. The third-order valence-electron chi connectivity index (χ3n) is 5.68. The van der Waals surface area contributed by atoms with E-state index in [1.807, 2.05) is 12.2 Å². The van der Waals surface area contributed by atoms with E-state index in [4.69, 9.17) is 21.2 Å². The molecule has 2 aliphatic heterocycles. The number of phenols is 1. The molecule has 1 aromatic rings. The van der Waals surface area contributed by atoms with Gasteiger partial charge in [-0.05, 0) is 61.8 Å². The highest BCUT2D eigenvalue weighted by atomic mass is 35.5. The van der Waals surface area contributed by atoms with Gasteiger partial charge >= 0.3 is 5.97 Å². The van der Waals surface area contributed by atoms with Crippen LogP contribution in [0.15, 0.2) is 41.6 Å². The van der Waals surface area contributed by atoms with Gasteiger partial charge in [-0.25, -0.2) is 4.79 Å². The number of halogens is 1. The van der Waals surface area contributed by atoms with Crippen molar-refractivity contribution in [2.45, 2.75) is 45.4 Å². The fraction of sp³-hybridized carbons (Fsp3) is 0.480. The highest BCUT2D eigenvalue weighted by molar-refractivity contribution is 6.33. The monoisotopic (exact) mass is 474 g/mol. The number of oxime groups is 1. The number of phenolic OH excluding ortho intramolecular Hbond substituents is 1. The van der Waals surface area contributed by atoms with Crippen molar-refractivity contribution in [1.82, 2.24) is 4.90 Å². The molecule has 2 aliphatic rings. The van der Waals surface area contributed by atoms with Crippen LogP contribution in [0.5, 0.6) is 5.75 Å². The lowest BCUT2D eigenvalue weighted by atomic mass is 10.00. The minimum absolute atomic E-state index is 0.0651. The van der Waals surface area contributed by atoms with Crippen molar-refractivity contribution in [3.05, 3.63) is 52.6 Å². The summed E-state index contributed by atoms with van der Waals surface area (Å²) in [5.74, 6) is -0.453. The molecule has 0 aliphatic carbocycles. The molecular weight excluding hydrogens is 444 g/mol. The van der Waals surface area contributed by atoms with E-state index in [1.54, 1.807) is 11.0 Å². The van der Waals surface area contributed by atoms with E-state index in [0.717, 1.165) is 38.8 Å². The third kappa shape index (κ3) is 7.35. The van der Waals surface area contributed by atoms with Crippen LogP contribution in [0.25, 0.3) is 0 Å². The van der Waals surface area contributed by atoms with Crippen molar-refractivity contribution in [1.29, 1.82) is 0 Å². The van der Waals surface area contributed by atoms with Crippen LogP contribution in [0.1, 0.15) is 54.9 Å². The highest BCUT2D eigenvalue weighted by Gasteiger charge is 2.20. The maximum Gasteiger partial charge on any atom is 0.338 e. The number of ether oxygens (including phenoxy) is 1. The molecular formula is C25H31ClN2O5. The Morgan fingerprint density at radius 3 is 2.85 bits per heavy atom. The van der Waals surface area contributed by atoms with Crippen LogP contribution >= 0.6 is 11.6 Å². The van der Waals surface area contributed by atoms with Crippen LogP contribution in [0.3, 0.4) is 0 Å². The number of fused-ring (bicyclic) bond motifs is 1. The minimum atomic E-state index is -0.519. The number of likely N-dealkylation sites (tertiary alicyclic amines) is 1. The third-order valence-corrected chi connectivity index (χ3v) is 6.10. The van der Waals surface area contributed by atoms with Gasteiger partial charge in [0.1, 0.15) is 5.75 Å². The molecule has 1 fully saturated rings. The van der Waals surface area contributed by atoms with Crippen molar-refractivity contribution in [3.8, 4) is 5.75 Å². The summed E-state index contributed by atoms with van der Waals surface area (Å²) in [5, 5.41) is 14.4. The first-order valence-corrected chi connectivity index (χ1v) is 11.8. The van der Waals surface area contributed by atoms with Gasteiger partial charge in [-0.3, -0.25) is 4.79 Å². The number of hydrogen-bond acceptors (Lipinski definition) is 6. The van der Waals surface area contributed by atoms with E-state index in [-0.39, 0.29) is 41.9 Å². The molecule has 8 heteroatoms. The summed E-state index contributed by atoms with van der Waals surface area (Å²) in [7, 11) is 0. The normalized spacial score (nSPS) is 23.2. The number of cyclic esters (lactones) is 1. The van der Waals surface area contributed by atoms with E-state index in [2.05, 4.69) is 18.2 Å². The zero-order valence-corrected chi connectivity index (χ0v) is 19.7. The number of piperidine rings is 1. The van der Waals surface area contributed by atoms with Gasteiger partial charge in [0, 0.05) is 19.5 Å². The second-order valence-electron chi connectivity index (χ2n) is 8.37. The van der Waals surface area contributed by atoms with Crippen LogP contribution in [0, 0.1) is 5.92 Å². The molecule has 7 nitrogen and oxygen atoms in total. The minimum Gasteiger partial charge on any atom is -0.506 e. The molecule has 1 amide bonds.